The van der Waals surface area contributed by atoms with Gasteiger partial charge in [0, 0.05) is 38.2 Å². The molecule has 3 atom stereocenters. The van der Waals surface area contributed by atoms with Crippen molar-refractivity contribution in [2.45, 2.75) is 50.0 Å². The Morgan fingerprint density at radius 2 is 1.60 bits per heavy atom. The predicted octanol–water partition coefficient (Wildman–Crippen LogP) is 5.75. The molecule has 3 unspecified atom stereocenters. The third-order valence-corrected chi connectivity index (χ3v) is 7.83. The predicted molar refractivity (Wildman–Crippen MR) is 156 cm³/mol. The molecule has 4 rings (SSSR count). The molecule has 7 heteroatoms. The fraction of sp³-hybridized carbons (Fsp3) is 0.455. The van der Waals surface area contributed by atoms with E-state index in [4.69, 9.17) is 23.7 Å². The van der Waals surface area contributed by atoms with Gasteiger partial charge in [0.1, 0.15) is 17.2 Å². The Morgan fingerprint density at radius 3 is 2.27 bits per heavy atom. The van der Waals surface area contributed by atoms with Gasteiger partial charge in [0.15, 0.2) is 13.6 Å². The second-order valence-corrected chi connectivity index (χ2v) is 10.6. The fourth-order valence-corrected chi connectivity index (χ4v) is 5.53. The van der Waals surface area contributed by atoms with E-state index in [9.17, 15) is 5.11 Å². The number of hydrogen-bond acceptors (Lipinski definition) is 7. The average Bonchev–Trinajstić information content (AvgIpc) is 2.98. The summed E-state index contributed by atoms with van der Waals surface area (Å²) in [5.74, 6) is 2.68. The third-order valence-electron chi connectivity index (χ3n) is 7.83. The number of likely N-dealkylation sites (N-methyl/N-ethyl adjacent to an activating group) is 1. The van der Waals surface area contributed by atoms with Crippen LogP contribution in [0.2, 0.25) is 0 Å². The van der Waals surface area contributed by atoms with Gasteiger partial charge in [-0.15, -0.1) is 0 Å². The summed E-state index contributed by atoms with van der Waals surface area (Å²) >= 11 is 0. The smallest absolute Gasteiger partial charge is 0.188 e. The van der Waals surface area contributed by atoms with Crippen molar-refractivity contribution in [2.24, 2.45) is 0 Å². The van der Waals surface area contributed by atoms with Crippen LogP contribution in [0.15, 0.2) is 66.7 Å². The molecule has 0 radical (unpaired) electrons. The minimum atomic E-state index is -0.480. The zero-order chi connectivity index (χ0) is 28.4. The summed E-state index contributed by atoms with van der Waals surface area (Å²) in [7, 11) is 5.08. The molecule has 1 heterocycles. The van der Waals surface area contributed by atoms with Gasteiger partial charge in [-0.3, -0.25) is 0 Å². The summed E-state index contributed by atoms with van der Waals surface area (Å²) in [4.78, 5) is 0. The van der Waals surface area contributed by atoms with Crippen LogP contribution in [0.25, 0.3) is 0 Å². The number of ether oxygens (including phenoxy) is 5. The summed E-state index contributed by atoms with van der Waals surface area (Å²) in [5, 5.41) is 13.2. The molecule has 2 N–H and O–H groups in total. The van der Waals surface area contributed by atoms with E-state index in [1.165, 1.54) is 16.7 Å². The highest BCUT2D eigenvalue weighted by Crippen LogP contribution is 2.50. The number of nitrogens with one attached hydrogen (secondary N) is 1. The standard InChI is InChI=1S/C33H43NO6/c1-33(26-13-15-27(16-14-26)39-22-36-3)21-38-32-19-28(40-23-37-4)17-18-29(32)30(33)8-6-5-7-24-9-11-25(12-10-24)31(35)20-34-2/h9-19,30-31,34-35H,5-8,20-23H2,1-4H3. The summed E-state index contributed by atoms with van der Waals surface area (Å²) in [5.41, 5.74) is 4.47. The van der Waals surface area contributed by atoms with Crippen molar-refractivity contribution < 1.29 is 28.8 Å². The first-order valence-corrected chi connectivity index (χ1v) is 14.0. The van der Waals surface area contributed by atoms with Gasteiger partial charge in [-0.25, -0.2) is 0 Å². The van der Waals surface area contributed by atoms with Crippen LogP contribution in [-0.4, -0.2) is 53.1 Å². The van der Waals surface area contributed by atoms with Gasteiger partial charge in [-0.1, -0.05) is 55.8 Å². The van der Waals surface area contributed by atoms with Gasteiger partial charge in [0.2, 0.25) is 0 Å². The Kier molecular flexibility index (Phi) is 10.8. The molecule has 40 heavy (non-hydrogen) atoms. The number of aliphatic hydroxyl groups is 1. The van der Waals surface area contributed by atoms with Crippen molar-refractivity contribution in [1.29, 1.82) is 0 Å². The highest BCUT2D eigenvalue weighted by Gasteiger charge is 2.42. The molecular formula is C33H43NO6. The highest BCUT2D eigenvalue weighted by atomic mass is 16.7. The van der Waals surface area contributed by atoms with Crippen LogP contribution < -0.4 is 19.5 Å². The average molecular weight is 550 g/mol. The second kappa shape index (κ2) is 14.5. The van der Waals surface area contributed by atoms with Gasteiger partial charge in [0.05, 0.1) is 12.7 Å². The lowest BCUT2D eigenvalue weighted by atomic mass is 9.66. The molecule has 0 aliphatic carbocycles. The summed E-state index contributed by atoms with van der Waals surface area (Å²) < 4.78 is 27.8. The molecule has 1 aliphatic heterocycles. The Bertz CT molecular complexity index is 1180. The molecule has 1 aliphatic rings. The van der Waals surface area contributed by atoms with Crippen molar-refractivity contribution in [1.82, 2.24) is 5.32 Å². The first-order chi connectivity index (χ1) is 19.5. The topological polar surface area (TPSA) is 78.4 Å². The molecule has 0 aromatic heterocycles. The number of hydrogen-bond donors (Lipinski definition) is 2. The van der Waals surface area contributed by atoms with Crippen molar-refractivity contribution in [3.63, 3.8) is 0 Å². The third kappa shape index (κ3) is 7.34. The van der Waals surface area contributed by atoms with Crippen LogP contribution in [0.4, 0.5) is 0 Å². The molecule has 0 spiro atoms. The molecule has 0 saturated heterocycles. The van der Waals surface area contributed by atoms with E-state index in [1.807, 2.05) is 43.4 Å². The number of aliphatic hydroxyl groups excluding tert-OH is 1. The van der Waals surface area contributed by atoms with Gasteiger partial charge in [-0.2, -0.15) is 0 Å². The van der Waals surface area contributed by atoms with Crippen LogP contribution in [0.1, 0.15) is 60.5 Å². The monoisotopic (exact) mass is 549 g/mol. The lowest BCUT2D eigenvalue weighted by Crippen LogP contribution is -2.40. The molecule has 3 aromatic rings. The fourth-order valence-electron chi connectivity index (χ4n) is 5.53. The molecule has 0 bridgehead atoms. The van der Waals surface area contributed by atoms with Crippen molar-refractivity contribution in [2.75, 3.05) is 48.0 Å². The maximum absolute atomic E-state index is 10.2. The van der Waals surface area contributed by atoms with E-state index in [2.05, 4.69) is 42.6 Å². The summed E-state index contributed by atoms with van der Waals surface area (Å²) in [6, 6.07) is 22.8. The maximum atomic E-state index is 10.2. The molecule has 3 aromatic carbocycles. The van der Waals surface area contributed by atoms with Crippen LogP contribution in [-0.2, 0) is 21.3 Å². The molecule has 216 valence electrons. The minimum absolute atomic E-state index is 0.201. The van der Waals surface area contributed by atoms with Crippen LogP contribution in [0.3, 0.4) is 0 Å². The van der Waals surface area contributed by atoms with Crippen molar-refractivity contribution in [3.8, 4) is 17.2 Å². The van der Waals surface area contributed by atoms with E-state index < -0.39 is 6.10 Å². The van der Waals surface area contributed by atoms with E-state index in [0.717, 1.165) is 48.5 Å². The Hall–Kier alpha value is -3.10. The number of unbranched alkanes of at least 4 members (excludes halogenated alkanes) is 1. The summed E-state index contributed by atoms with van der Waals surface area (Å²) in [6.07, 6.45) is 3.73. The van der Waals surface area contributed by atoms with Gasteiger partial charge in [-0.05, 0) is 66.8 Å². The lowest BCUT2D eigenvalue weighted by molar-refractivity contribution is 0.0505. The number of fused-ring (bicyclic) bond motifs is 1. The first-order valence-electron chi connectivity index (χ1n) is 14.0. The second-order valence-electron chi connectivity index (χ2n) is 10.6. The Morgan fingerprint density at radius 1 is 0.925 bits per heavy atom. The number of benzene rings is 3. The molecular weight excluding hydrogens is 506 g/mol. The molecule has 0 saturated carbocycles. The molecule has 0 fully saturated rings. The Balaban J connectivity index is 1.49. The van der Waals surface area contributed by atoms with Gasteiger partial charge < -0.3 is 34.1 Å². The number of methoxy groups -OCH3 is 2. The van der Waals surface area contributed by atoms with E-state index >= 15 is 0 Å². The Labute approximate surface area is 238 Å². The molecule has 0 amide bonds. The molecule has 7 nitrogen and oxygen atoms in total. The van der Waals surface area contributed by atoms with Gasteiger partial charge in [0.25, 0.3) is 0 Å². The normalized spacial score (nSPS) is 19.0. The quantitative estimate of drug-likeness (QED) is 0.185. The first kappa shape index (κ1) is 29.9. The highest BCUT2D eigenvalue weighted by molar-refractivity contribution is 5.48. The van der Waals surface area contributed by atoms with Crippen LogP contribution in [0.5, 0.6) is 17.2 Å². The SMILES string of the molecule is CNCC(O)c1ccc(CCCCC2c3ccc(OCOC)cc3OCC2(C)c2ccc(OCOC)cc2)cc1. The zero-order valence-electron chi connectivity index (χ0n) is 24.2. The lowest BCUT2D eigenvalue weighted by Gasteiger charge is -2.43. The minimum Gasteiger partial charge on any atom is -0.492 e. The number of rotatable bonds is 15. The van der Waals surface area contributed by atoms with Crippen LogP contribution in [0, 0.1) is 0 Å². The van der Waals surface area contributed by atoms with Crippen molar-refractivity contribution in [3.05, 3.63) is 89.0 Å². The van der Waals surface area contributed by atoms with Crippen molar-refractivity contribution >= 4 is 0 Å². The maximum Gasteiger partial charge on any atom is 0.188 e. The zero-order valence-corrected chi connectivity index (χ0v) is 24.2. The largest absolute Gasteiger partial charge is 0.492 e. The summed E-state index contributed by atoms with van der Waals surface area (Å²) in [6.45, 7) is 3.85. The van der Waals surface area contributed by atoms with E-state index in [1.54, 1.807) is 14.2 Å². The van der Waals surface area contributed by atoms with Gasteiger partial charge >= 0.3 is 0 Å². The van der Waals surface area contributed by atoms with E-state index in [-0.39, 0.29) is 24.9 Å². The van der Waals surface area contributed by atoms with E-state index in [0.29, 0.717) is 13.2 Å². The van der Waals surface area contributed by atoms with Crippen LogP contribution >= 0.6 is 0 Å². The number of aryl methyl sites for hydroxylation is 1.